The van der Waals surface area contributed by atoms with E-state index in [1.54, 1.807) is 0 Å². The third-order valence-electron chi connectivity index (χ3n) is 3.87. The SMILES string of the molecule is COC(=O)[C@H](Cc1cc(F)cc(F)c1)NCl.C[C@@H](Cc1cc(F)cc(F)c1)C(=O)O. The van der Waals surface area contributed by atoms with E-state index < -0.39 is 47.2 Å². The number of carboxylic acids is 1. The average Bonchev–Trinajstić information content (AvgIpc) is 2.64. The summed E-state index contributed by atoms with van der Waals surface area (Å²) in [6, 6.07) is 5.22. The molecule has 0 spiro atoms. The van der Waals surface area contributed by atoms with Crippen molar-refractivity contribution < 1.29 is 37.0 Å². The summed E-state index contributed by atoms with van der Waals surface area (Å²) in [5.74, 6) is -4.98. The predicted octanol–water partition coefficient (Wildman–Crippen LogP) is 4.02. The summed E-state index contributed by atoms with van der Waals surface area (Å²) in [4.78, 5) is 23.8. The Morgan fingerprint density at radius 1 is 0.933 bits per heavy atom. The number of carbonyl (C=O) groups excluding carboxylic acids is 1. The quantitative estimate of drug-likeness (QED) is 0.379. The van der Waals surface area contributed by atoms with E-state index in [-0.39, 0.29) is 12.8 Å². The van der Waals surface area contributed by atoms with Crippen LogP contribution in [-0.4, -0.2) is 30.2 Å². The van der Waals surface area contributed by atoms with Crippen LogP contribution >= 0.6 is 11.8 Å². The van der Waals surface area contributed by atoms with Crippen molar-refractivity contribution in [1.29, 1.82) is 0 Å². The van der Waals surface area contributed by atoms with Crippen molar-refractivity contribution in [2.24, 2.45) is 5.92 Å². The van der Waals surface area contributed by atoms with Gasteiger partial charge in [-0.05, 0) is 60.0 Å². The van der Waals surface area contributed by atoms with Crippen molar-refractivity contribution in [3.8, 4) is 0 Å². The first-order chi connectivity index (χ1) is 14.0. The van der Waals surface area contributed by atoms with Crippen molar-refractivity contribution in [3.05, 3.63) is 70.8 Å². The maximum absolute atomic E-state index is 12.9. The molecule has 0 amide bonds. The lowest BCUT2D eigenvalue weighted by molar-refractivity contribution is -0.142. The fourth-order valence-electron chi connectivity index (χ4n) is 2.44. The Bertz CT molecular complexity index is 841. The third-order valence-corrected chi connectivity index (χ3v) is 4.13. The Morgan fingerprint density at radius 3 is 1.67 bits per heavy atom. The van der Waals surface area contributed by atoms with Crippen molar-refractivity contribution in [2.75, 3.05) is 7.11 Å². The van der Waals surface area contributed by atoms with E-state index >= 15 is 0 Å². The normalized spacial score (nSPS) is 12.4. The van der Waals surface area contributed by atoms with Crippen LogP contribution in [0.4, 0.5) is 17.6 Å². The molecule has 0 fully saturated rings. The molecule has 0 saturated heterocycles. The number of hydrogen-bond acceptors (Lipinski definition) is 4. The van der Waals surface area contributed by atoms with Crippen LogP contribution in [0.2, 0.25) is 0 Å². The second-order valence-electron chi connectivity index (χ2n) is 6.39. The number of rotatable bonds is 7. The smallest absolute Gasteiger partial charge is 0.324 e. The first-order valence-electron chi connectivity index (χ1n) is 8.62. The standard InChI is InChI=1S/C10H10ClF2NO2.C10H10F2O2/c1-16-10(15)9(14-11)4-6-2-7(12)5-8(13)3-6;1-6(10(13)14)2-7-3-8(11)5-9(12)4-7/h2-3,5,9,14H,4H2,1H3;3-6H,2H2,1H3,(H,13,14)/t9-;6-/m00/s1. The maximum Gasteiger partial charge on any atom is 0.324 e. The number of methoxy groups -OCH3 is 1. The molecule has 164 valence electrons. The molecule has 10 heteroatoms. The summed E-state index contributed by atoms with van der Waals surface area (Å²) in [5.41, 5.74) is 0.679. The zero-order valence-electron chi connectivity index (χ0n) is 16.1. The van der Waals surface area contributed by atoms with Crippen LogP contribution in [0.1, 0.15) is 18.1 Å². The van der Waals surface area contributed by atoms with E-state index in [2.05, 4.69) is 9.57 Å². The fourth-order valence-corrected chi connectivity index (χ4v) is 2.61. The minimum atomic E-state index is -0.977. The highest BCUT2D eigenvalue weighted by Gasteiger charge is 2.19. The van der Waals surface area contributed by atoms with Gasteiger partial charge in [0.25, 0.3) is 0 Å². The van der Waals surface area contributed by atoms with Gasteiger partial charge < -0.3 is 9.84 Å². The van der Waals surface area contributed by atoms with Gasteiger partial charge in [0.2, 0.25) is 0 Å². The predicted molar refractivity (Wildman–Crippen MR) is 102 cm³/mol. The first-order valence-corrected chi connectivity index (χ1v) is 9.00. The molecular weight excluding hydrogens is 430 g/mol. The Hall–Kier alpha value is -2.65. The van der Waals surface area contributed by atoms with Crippen LogP contribution in [0.5, 0.6) is 0 Å². The highest BCUT2D eigenvalue weighted by Crippen LogP contribution is 2.13. The Labute approximate surface area is 175 Å². The largest absolute Gasteiger partial charge is 0.481 e. The van der Waals surface area contributed by atoms with Crippen LogP contribution in [0.15, 0.2) is 36.4 Å². The second-order valence-corrected chi connectivity index (χ2v) is 6.61. The molecule has 2 atom stereocenters. The number of hydrogen-bond donors (Lipinski definition) is 2. The van der Waals surface area contributed by atoms with Crippen LogP contribution in [0.25, 0.3) is 0 Å². The summed E-state index contributed by atoms with van der Waals surface area (Å²) in [6.07, 6.45) is 0.175. The molecule has 2 aromatic rings. The van der Waals surface area contributed by atoms with E-state index in [1.807, 2.05) is 0 Å². The molecule has 2 N–H and O–H groups in total. The van der Waals surface area contributed by atoms with E-state index in [9.17, 15) is 27.2 Å². The molecule has 0 aliphatic carbocycles. The topological polar surface area (TPSA) is 75.6 Å². The maximum atomic E-state index is 12.9. The number of halogens is 5. The van der Waals surface area contributed by atoms with Gasteiger partial charge in [-0.15, -0.1) is 0 Å². The molecule has 2 aromatic carbocycles. The molecule has 5 nitrogen and oxygen atoms in total. The molecule has 0 radical (unpaired) electrons. The molecule has 30 heavy (non-hydrogen) atoms. The molecule has 0 aromatic heterocycles. The zero-order chi connectivity index (χ0) is 22.8. The molecule has 0 aliphatic heterocycles. The van der Waals surface area contributed by atoms with Crippen LogP contribution in [0.3, 0.4) is 0 Å². The number of esters is 1. The zero-order valence-corrected chi connectivity index (χ0v) is 16.9. The molecule has 0 saturated carbocycles. The molecule has 0 bridgehead atoms. The van der Waals surface area contributed by atoms with Gasteiger partial charge >= 0.3 is 11.9 Å². The molecule has 2 rings (SSSR count). The molecule has 0 heterocycles. The minimum Gasteiger partial charge on any atom is -0.481 e. The molecular formula is C20H20ClF4NO4. The van der Waals surface area contributed by atoms with E-state index in [1.165, 1.54) is 14.0 Å². The summed E-state index contributed by atoms with van der Waals surface area (Å²) in [5, 5.41) is 8.59. The van der Waals surface area contributed by atoms with Crippen molar-refractivity contribution >= 4 is 23.7 Å². The highest BCUT2D eigenvalue weighted by molar-refractivity contribution is 6.14. The summed E-state index contributed by atoms with van der Waals surface area (Å²) in [7, 11) is 1.20. The Kier molecular flexibility index (Phi) is 10.3. The number of carboxylic acid groups (broad SMARTS) is 1. The second kappa shape index (κ2) is 12.1. The van der Waals surface area contributed by atoms with Gasteiger partial charge in [0.05, 0.1) is 13.0 Å². The fraction of sp³-hybridized carbons (Fsp3) is 0.300. The third kappa shape index (κ3) is 8.79. The number of nitrogens with one attached hydrogen (secondary N) is 1. The van der Waals surface area contributed by atoms with Gasteiger partial charge in [-0.25, -0.2) is 22.4 Å². The first kappa shape index (κ1) is 25.4. The van der Waals surface area contributed by atoms with Gasteiger partial charge in [0.15, 0.2) is 0 Å². The number of carbonyl (C=O) groups is 2. The summed E-state index contributed by atoms with van der Waals surface area (Å²) >= 11 is 5.33. The van der Waals surface area contributed by atoms with Crippen molar-refractivity contribution in [1.82, 2.24) is 4.84 Å². The van der Waals surface area contributed by atoms with Crippen molar-refractivity contribution in [3.63, 3.8) is 0 Å². The van der Waals surface area contributed by atoms with Gasteiger partial charge in [0, 0.05) is 12.1 Å². The lowest BCUT2D eigenvalue weighted by atomic mass is 10.0. The molecule has 0 aliphatic rings. The van der Waals surface area contributed by atoms with Crippen molar-refractivity contribution in [2.45, 2.75) is 25.8 Å². The summed E-state index contributed by atoms with van der Waals surface area (Å²) in [6.45, 7) is 1.49. The molecule has 0 unspecified atom stereocenters. The number of benzene rings is 2. The van der Waals surface area contributed by atoms with E-state index in [0.29, 0.717) is 11.1 Å². The summed E-state index contributed by atoms with van der Waals surface area (Å²) < 4.78 is 55.6. The Balaban J connectivity index is 0.000000303. The number of ether oxygens (including phenoxy) is 1. The van der Waals surface area contributed by atoms with Crippen LogP contribution in [-0.2, 0) is 27.2 Å². The lowest BCUT2D eigenvalue weighted by Gasteiger charge is -2.12. The number of aliphatic carboxylic acids is 1. The van der Waals surface area contributed by atoms with Gasteiger partial charge in [-0.3, -0.25) is 9.59 Å². The van der Waals surface area contributed by atoms with Crippen LogP contribution in [0, 0.1) is 29.2 Å². The Morgan fingerprint density at radius 2 is 1.33 bits per heavy atom. The van der Waals surface area contributed by atoms with Gasteiger partial charge in [-0.1, -0.05) is 6.92 Å². The van der Waals surface area contributed by atoms with Gasteiger partial charge in [0.1, 0.15) is 29.3 Å². The van der Waals surface area contributed by atoms with E-state index in [0.717, 1.165) is 36.4 Å². The average molecular weight is 450 g/mol. The lowest BCUT2D eigenvalue weighted by Crippen LogP contribution is -2.34. The van der Waals surface area contributed by atoms with Gasteiger partial charge in [-0.2, -0.15) is 0 Å². The highest BCUT2D eigenvalue weighted by atomic mass is 35.5. The van der Waals surface area contributed by atoms with Crippen LogP contribution < -0.4 is 4.84 Å². The minimum absolute atomic E-state index is 0.0465. The monoisotopic (exact) mass is 449 g/mol. The van der Waals surface area contributed by atoms with E-state index in [4.69, 9.17) is 16.9 Å².